The number of benzene rings is 2. The fourth-order valence-electron chi connectivity index (χ4n) is 2.15. The van der Waals surface area contributed by atoms with Gasteiger partial charge in [0.25, 0.3) is 11.6 Å². The van der Waals surface area contributed by atoms with Crippen molar-refractivity contribution in [3.8, 4) is 11.3 Å². The van der Waals surface area contributed by atoms with Gasteiger partial charge in [0, 0.05) is 27.7 Å². The number of amides is 1. The number of carbonyl (C=O) groups excluding carboxylic acids is 1. The lowest BCUT2D eigenvalue weighted by molar-refractivity contribution is -0.384. The van der Waals surface area contributed by atoms with Gasteiger partial charge in [0.05, 0.1) is 11.1 Å². The molecule has 1 aromatic heterocycles. The molecule has 0 aliphatic rings. The van der Waals surface area contributed by atoms with Gasteiger partial charge in [-0.3, -0.25) is 14.9 Å². The Balaban J connectivity index is 1.64. The molecule has 130 valence electrons. The Labute approximate surface area is 156 Å². The molecule has 0 spiro atoms. The number of carbonyl (C=O) groups is 1. The summed E-state index contributed by atoms with van der Waals surface area (Å²) in [6.45, 7) is 0. The highest BCUT2D eigenvalue weighted by molar-refractivity contribution is 9.10. The average molecular weight is 414 g/mol. The fraction of sp³-hybridized carbons (Fsp3) is 0. The smallest absolute Gasteiger partial charge is 0.271 e. The van der Waals surface area contributed by atoms with Crippen molar-refractivity contribution < 1.29 is 14.1 Å². The highest BCUT2D eigenvalue weighted by Gasteiger charge is 2.08. The van der Waals surface area contributed by atoms with Crippen molar-refractivity contribution >= 4 is 33.7 Å². The van der Waals surface area contributed by atoms with Gasteiger partial charge in [0.1, 0.15) is 11.5 Å². The van der Waals surface area contributed by atoms with Crippen LogP contribution in [0.3, 0.4) is 0 Å². The van der Waals surface area contributed by atoms with Gasteiger partial charge in [-0.15, -0.1) is 0 Å². The summed E-state index contributed by atoms with van der Waals surface area (Å²) in [5.74, 6) is 0.644. The number of hydrazone groups is 1. The number of nitrogens with zero attached hydrogens (tertiary/aromatic N) is 2. The zero-order valence-electron chi connectivity index (χ0n) is 13.3. The van der Waals surface area contributed by atoms with Crippen molar-refractivity contribution in [2.24, 2.45) is 5.10 Å². The summed E-state index contributed by atoms with van der Waals surface area (Å²) in [6, 6.07) is 16.3. The van der Waals surface area contributed by atoms with Crippen molar-refractivity contribution in [1.29, 1.82) is 0 Å². The third kappa shape index (κ3) is 4.22. The number of rotatable bonds is 5. The Bertz CT molecular complexity index is 963. The molecule has 0 atom stereocenters. The second-order valence-corrected chi connectivity index (χ2v) is 6.13. The number of nitrogens with one attached hydrogen (secondary N) is 1. The molecule has 0 saturated carbocycles. The van der Waals surface area contributed by atoms with Crippen LogP contribution >= 0.6 is 15.9 Å². The third-order valence-corrected chi connectivity index (χ3v) is 3.98. The molecule has 0 radical (unpaired) electrons. The van der Waals surface area contributed by atoms with Gasteiger partial charge in [-0.1, -0.05) is 15.9 Å². The molecule has 0 aliphatic heterocycles. The molecular weight excluding hydrogens is 402 g/mol. The van der Waals surface area contributed by atoms with Gasteiger partial charge in [-0.05, 0) is 48.5 Å². The molecule has 0 bridgehead atoms. The van der Waals surface area contributed by atoms with E-state index in [1.165, 1.54) is 18.3 Å². The molecule has 3 aromatic rings. The summed E-state index contributed by atoms with van der Waals surface area (Å²) in [5.41, 5.74) is 3.61. The van der Waals surface area contributed by atoms with Gasteiger partial charge in [0.2, 0.25) is 0 Å². The minimum atomic E-state index is -0.460. The Hall–Kier alpha value is -3.26. The maximum absolute atomic E-state index is 11.9. The van der Waals surface area contributed by atoms with Gasteiger partial charge in [-0.2, -0.15) is 5.10 Å². The second kappa shape index (κ2) is 7.75. The Morgan fingerprint density at radius 1 is 1.08 bits per heavy atom. The van der Waals surface area contributed by atoms with E-state index in [0.717, 1.165) is 4.47 Å². The van der Waals surface area contributed by atoms with E-state index in [2.05, 4.69) is 26.5 Å². The van der Waals surface area contributed by atoms with Crippen molar-refractivity contribution in [2.75, 3.05) is 0 Å². The van der Waals surface area contributed by atoms with Crippen LogP contribution in [-0.4, -0.2) is 17.0 Å². The summed E-state index contributed by atoms with van der Waals surface area (Å²) in [6.07, 6.45) is 1.38. The van der Waals surface area contributed by atoms with E-state index in [-0.39, 0.29) is 11.6 Å². The lowest BCUT2D eigenvalue weighted by Crippen LogP contribution is -2.17. The van der Waals surface area contributed by atoms with Crippen LogP contribution in [0.25, 0.3) is 11.3 Å². The first-order valence-electron chi connectivity index (χ1n) is 7.46. The SMILES string of the molecule is O=C(N/N=C\c1ccc(-c2ccc([N+](=O)[O-])cc2)o1)c1ccc(Br)cc1. The number of nitro groups is 1. The van der Waals surface area contributed by atoms with E-state index in [1.54, 1.807) is 48.5 Å². The summed E-state index contributed by atoms with van der Waals surface area (Å²) in [7, 11) is 0. The predicted molar refractivity (Wildman–Crippen MR) is 100 cm³/mol. The first kappa shape index (κ1) is 17.6. The van der Waals surface area contributed by atoms with Crippen LogP contribution in [0.15, 0.2) is 74.7 Å². The highest BCUT2D eigenvalue weighted by atomic mass is 79.9. The largest absolute Gasteiger partial charge is 0.455 e. The molecule has 7 nitrogen and oxygen atoms in total. The topological polar surface area (TPSA) is 97.7 Å². The second-order valence-electron chi connectivity index (χ2n) is 5.21. The van der Waals surface area contributed by atoms with Gasteiger partial charge >= 0.3 is 0 Å². The van der Waals surface area contributed by atoms with Gasteiger partial charge in [0.15, 0.2) is 0 Å². The predicted octanol–water partition coefficient (Wildman–Crippen LogP) is 4.38. The van der Waals surface area contributed by atoms with Crippen molar-refractivity contribution in [3.05, 3.63) is 86.6 Å². The van der Waals surface area contributed by atoms with Crippen LogP contribution < -0.4 is 5.43 Å². The summed E-state index contributed by atoms with van der Waals surface area (Å²) >= 11 is 3.30. The number of nitro benzene ring substituents is 1. The molecule has 1 amide bonds. The Morgan fingerprint density at radius 2 is 1.77 bits per heavy atom. The molecule has 1 N–H and O–H groups in total. The van der Waals surface area contributed by atoms with Crippen LogP contribution in [0.1, 0.15) is 16.1 Å². The lowest BCUT2D eigenvalue weighted by Gasteiger charge is -1.99. The van der Waals surface area contributed by atoms with E-state index >= 15 is 0 Å². The minimum absolute atomic E-state index is 0.0118. The zero-order valence-corrected chi connectivity index (χ0v) is 14.8. The molecule has 0 saturated heterocycles. The maximum Gasteiger partial charge on any atom is 0.271 e. The first-order chi connectivity index (χ1) is 12.5. The third-order valence-electron chi connectivity index (χ3n) is 3.45. The number of non-ortho nitro benzene ring substituents is 1. The van der Waals surface area contributed by atoms with E-state index in [0.29, 0.717) is 22.6 Å². The van der Waals surface area contributed by atoms with Crippen LogP contribution in [-0.2, 0) is 0 Å². The van der Waals surface area contributed by atoms with Crippen LogP contribution in [0, 0.1) is 10.1 Å². The van der Waals surface area contributed by atoms with E-state index in [1.807, 2.05) is 0 Å². The van der Waals surface area contributed by atoms with Gasteiger partial charge < -0.3 is 4.42 Å². The molecule has 2 aromatic carbocycles. The van der Waals surface area contributed by atoms with Gasteiger partial charge in [-0.25, -0.2) is 5.43 Å². The number of hydrogen-bond acceptors (Lipinski definition) is 5. The summed E-state index contributed by atoms with van der Waals surface area (Å²) < 4.78 is 6.48. The summed E-state index contributed by atoms with van der Waals surface area (Å²) in [4.78, 5) is 22.1. The molecule has 1 heterocycles. The van der Waals surface area contributed by atoms with E-state index in [9.17, 15) is 14.9 Å². The zero-order chi connectivity index (χ0) is 18.5. The minimum Gasteiger partial charge on any atom is -0.455 e. The molecule has 26 heavy (non-hydrogen) atoms. The fourth-order valence-corrected chi connectivity index (χ4v) is 2.41. The maximum atomic E-state index is 11.9. The number of halogens is 1. The van der Waals surface area contributed by atoms with Crippen molar-refractivity contribution in [2.45, 2.75) is 0 Å². The quantitative estimate of drug-likeness (QED) is 0.381. The average Bonchev–Trinajstić information content (AvgIpc) is 3.11. The number of hydrogen-bond donors (Lipinski definition) is 1. The molecule has 0 fully saturated rings. The molecular formula is C18H12BrN3O4. The molecule has 0 unspecified atom stereocenters. The van der Waals surface area contributed by atoms with Crippen LogP contribution in [0.2, 0.25) is 0 Å². The highest BCUT2D eigenvalue weighted by Crippen LogP contribution is 2.24. The van der Waals surface area contributed by atoms with Crippen LogP contribution in [0.5, 0.6) is 0 Å². The molecule has 3 rings (SSSR count). The standard InChI is InChI=1S/C18H12BrN3O4/c19-14-5-1-13(2-6-14)18(23)21-20-11-16-9-10-17(26-16)12-3-7-15(8-4-12)22(24)25/h1-11H,(H,21,23)/b20-11-. The summed E-state index contributed by atoms with van der Waals surface area (Å²) in [5, 5.41) is 14.5. The lowest BCUT2D eigenvalue weighted by atomic mass is 10.1. The van der Waals surface area contributed by atoms with Crippen LogP contribution in [0.4, 0.5) is 5.69 Å². The number of furan rings is 1. The van der Waals surface area contributed by atoms with Crippen molar-refractivity contribution in [1.82, 2.24) is 5.43 Å². The Kier molecular flexibility index (Phi) is 5.23. The monoisotopic (exact) mass is 413 g/mol. The van der Waals surface area contributed by atoms with Crippen molar-refractivity contribution in [3.63, 3.8) is 0 Å². The molecule has 8 heteroatoms. The molecule has 0 aliphatic carbocycles. The van der Waals surface area contributed by atoms with E-state index in [4.69, 9.17) is 4.42 Å². The normalized spacial score (nSPS) is 10.8. The van der Waals surface area contributed by atoms with E-state index < -0.39 is 4.92 Å². The Morgan fingerprint density at radius 3 is 2.42 bits per heavy atom. The first-order valence-corrected chi connectivity index (χ1v) is 8.26.